The molecule has 0 radical (unpaired) electrons. The average molecular weight is 243 g/mol. The van der Waals surface area contributed by atoms with E-state index in [1.54, 1.807) is 6.92 Å². The van der Waals surface area contributed by atoms with Crippen molar-refractivity contribution in [3.05, 3.63) is 0 Å². The molecule has 0 saturated carbocycles. The molecule has 1 aliphatic heterocycles. The number of carboxylic acids is 1. The van der Waals surface area contributed by atoms with E-state index in [1.165, 1.54) is 0 Å². The van der Waals surface area contributed by atoms with E-state index in [2.05, 4.69) is 5.32 Å². The highest BCUT2D eigenvalue weighted by atomic mass is 16.5. The standard InChI is InChI=1S/C12H21NO4/c1-11(2,3)5-9(14)13-8-6-17-7-12(8,4)10(15)16/h8H,5-7H2,1-4H3,(H,13,14)(H,15,16). The molecule has 2 N–H and O–H groups in total. The van der Waals surface area contributed by atoms with E-state index in [0.29, 0.717) is 6.42 Å². The molecule has 0 aromatic rings. The van der Waals surface area contributed by atoms with E-state index in [4.69, 9.17) is 9.84 Å². The molecule has 0 aromatic heterocycles. The number of nitrogens with one attached hydrogen (secondary N) is 1. The highest BCUT2D eigenvalue weighted by molar-refractivity contribution is 5.80. The molecule has 0 bridgehead atoms. The average Bonchev–Trinajstić information content (AvgIpc) is 2.45. The zero-order valence-electron chi connectivity index (χ0n) is 10.9. The second-order valence-corrected chi connectivity index (χ2v) is 6.10. The van der Waals surface area contributed by atoms with Gasteiger partial charge in [0.2, 0.25) is 5.91 Å². The van der Waals surface area contributed by atoms with Crippen LogP contribution in [0.1, 0.15) is 34.1 Å². The number of carbonyl (C=O) groups excluding carboxylic acids is 1. The van der Waals surface area contributed by atoms with Gasteiger partial charge < -0.3 is 15.2 Å². The Hall–Kier alpha value is -1.10. The van der Waals surface area contributed by atoms with E-state index in [-0.39, 0.29) is 24.5 Å². The van der Waals surface area contributed by atoms with Crippen LogP contribution in [0.4, 0.5) is 0 Å². The molecule has 2 atom stereocenters. The van der Waals surface area contributed by atoms with E-state index in [1.807, 2.05) is 20.8 Å². The second-order valence-electron chi connectivity index (χ2n) is 6.10. The molecule has 1 aliphatic rings. The van der Waals surface area contributed by atoms with Crippen LogP contribution in [-0.2, 0) is 14.3 Å². The van der Waals surface area contributed by atoms with Crippen molar-refractivity contribution < 1.29 is 19.4 Å². The second kappa shape index (κ2) is 4.64. The Morgan fingerprint density at radius 3 is 2.53 bits per heavy atom. The first kappa shape index (κ1) is 14.0. The SMILES string of the molecule is CC(C)(C)CC(=O)NC1COCC1(C)C(=O)O. The molecule has 1 rings (SSSR count). The number of aliphatic carboxylic acids is 1. The van der Waals surface area contributed by atoms with Crippen LogP contribution in [0.15, 0.2) is 0 Å². The van der Waals surface area contributed by atoms with Crippen molar-refractivity contribution in [3.8, 4) is 0 Å². The van der Waals surface area contributed by atoms with E-state index in [0.717, 1.165) is 0 Å². The maximum atomic E-state index is 11.8. The third kappa shape index (κ3) is 3.43. The molecule has 0 aromatic carbocycles. The minimum absolute atomic E-state index is 0.108. The summed E-state index contributed by atoms with van der Waals surface area (Å²) in [5.41, 5.74) is -1.13. The highest BCUT2D eigenvalue weighted by Crippen LogP contribution is 2.29. The third-order valence-corrected chi connectivity index (χ3v) is 2.97. The molecule has 1 saturated heterocycles. The maximum absolute atomic E-state index is 11.8. The monoisotopic (exact) mass is 243 g/mol. The van der Waals surface area contributed by atoms with Gasteiger partial charge in [-0.25, -0.2) is 0 Å². The van der Waals surface area contributed by atoms with Crippen LogP contribution in [0, 0.1) is 10.8 Å². The summed E-state index contributed by atoms with van der Waals surface area (Å²) in [4.78, 5) is 22.9. The van der Waals surface area contributed by atoms with Crippen molar-refractivity contribution in [3.63, 3.8) is 0 Å². The molecular weight excluding hydrogens is 222 g/mol. The van der Waals surface area contributed by atoms with Crippen LogP contribution in [0.25, 0.3) is 0 Å². The Morgan fingerprint density at radius 2 is 2.06 bits per heavy atom. The first-order valence-electron chi connectivity index (χ1n) is 5.76. The minimum Gasteiger partial charge on any atom is -0.481 e. The first-order chi connectivity index (χ1) is 7.65. The largest absolute Gasteiger partial charge is 0.481 e. The lowest BCUT2D eigenvalue weighted by atomic mass is 9.84. The number of ether oxygens (including phenoxy) is 1. The lowest BCUT2D eigenvalue weighted by Gasteiger charge is -2.27. The summed E-state index contributed by atoms with van der Waals surface area (Å²) in [6.45, 7) is 7.90. The number of amides is 1. The normalized spacial score (nSPS) is 29.1. The van der Waals surface area contributed by atoms with Gasteiger partial charge in [-0.1, -0.05) is 20.8 Å². The van der Waals surface area contributed by atoms with Crippen LogP contribution in [-0.4, -0.2) is 36.2 Å². The number of rotatable bonds is 3. The fourth-order valence-corrected chi connectivity index (χ4v) is 1.81. The molecule has 0 spiro atoms. The summed E-state index contributed by atoms with van der Waals surface area (Å²) in [6, 6.07) is -0.449. The van der Waals surface area contributed by atoms with Gasteiger partial charge in [0.1, 0.15) is 5.41 Å². The Morgan fingerprint density at radius 1 is 1.47 bits per heavy atom. The van der Waals surface area contributed by atoms with Gasteiger partial charge in [0, 0.05) is 6.42 Å². The van der Waals surface area contributed by atoms with Crippen molar-refractivity contribution in [2.45, 2.75) is 40.2 Å². The zero-order valence-corrected chi connectivity index (χ0v) is 10.9. The predicted molar refractivity (Wildman–Crippen MR) is 62.6 cm³/mol. The van der Waals surface area contributed by atoms with Gasteiger partial charge >= 0.3 is 5.97 Å². The molecule has 1 amide bonds. The van der Waals surface area contributed by atoms with Gasteiger partial charge in [-0.05, 0) is 12.3 Å². The van der Waals surface area contributed by atoms with Gasteiger partial charge in [-0.3, -0.25) is 9.59 Å². The maximum Gasteiger partial charge on any atom is 0.313 e. The number of carbonyl (C=O) groups is 2. The van der Waals surface area contributed by atoms with Crippen molar-refractivity contribution in [1.29, 1.82) is 0 Å². The zero-order chi connectivity index (χ0) is 13.3. The molecule has 2 unspecified atom stereocenters. The molecule has 5 nitrogen and oxygen atoms in total. The smallest absolute Gasteiger partial charge is 0.313 e. The molecule has 1 heterocycles. The van der Waals surface area contributed by atoms with Crippen LogP contribution < -0.4 is 5.32 Å². The van der Waals surface area contributed by atoms with E-state index < -0.39 is 17.4 Å². The van der Waals surface area contributed by atoms with Gasteiger partial charge in [-0.2, -0.15) is 0 Å². The molecule has 0 aliphatic carbocycles. The lowest BCUT2D eigenvalue weighted by molar-refractivity contribution is -0.149. The van der Waals surface area contributed by atoms with Crippen molar-refractivity contribution >= 4 is 11.9 Å². The summed E-state index contributed by atoms with van der Waals surface area (Å²) in [5.74, 6) is -1.06. The highest BCUT2D eigenvalue weighted by Gasteiger charge is 2.47. The van der Waals surface area contributed by atoms with Gasteiger partial charge in [0.15, 0.2) is 0 Å². The summed E-state index contributed by atoms with van der Waals surface area (Å²) in [6.07, 6.45) is 0.374. The minimum atomic E-state index is -1.02. The lowest BCUT2D eigenvalue weighted by Crippen LogP contribution is -2.50. The van der Waals surface area contributed by atoms with Crippen molar-refractivity contribution in [1.82, 2.24) is 5.32 Å². The van der Waals surface area contributed by atoms with Crippen LogP contribution in [0.2, 0.25) is 0 Å². The molecule has 1 fully saturated rings. The number of hydrogen-bond acceptors (Lipinski definition) is 3. The number of carboxylic acid groups (broad SMARTS) is 1. The fourth-order valence-electron chi connectivity index (χ4n) is 1.81. The molecule has 5 heteroatoms. The molecule has 17 heavy (non-hydrogen) atoms. The van der Waals surface area contributed by atoms with Gasteiger partial charge in [-0.15, -0.1) is 0 Å². The Bertz CT molecular complexity index is 321. The summed E-state index contributed by atoms with van der Waals surface area (Å²) < 4.78 is 5.17. The van der Waals surface area contributed by atoms with E-state index >= 15 is 0 Å². The number of hydrogen-bond donors (Lipinski definition) is 2. The van der Waals surface area contributed by atoms with Crippen molar-refractivity contribution in [2.75, 3.05) is 13.2 Å². The van der Waals surface area contributed by atoms with Gasteiger partial charge in [0.25, 0.3) is 0 Å². The van der Waals surface area contributed by atoms with Gasteiger partial charge in [0.05, 0.1) is 19.3 Å². The first-order valence-corrected chi connectivity index (χ1v) is 5.76. The summed E-state index contributed by atoms with van der Waals surface area (Å²) >= 11 is 0. The quantitative estimate of drug-likeness (QED) is 0.776. The predicted octanol–water partition coefficient (Wildman–Crippen LogP) is 1.03. The Labute approximate surface area is 102 Å². The third-order valence-electron chi connectivity index (χ3n) is 2.97. The Kier molecular flexibility index (Phi) is 3.81. The molecular formula is C12H21NO4. The summed E-state index contributed by atoms with van der Waals surface area (Å²) in [7, 11) is 0. The Balaban J connectivity index is 2.63. The van der Waals surface area contributed by atoms with Crippen LogP contribution in [0.3, 0.4) is 0 Å². The van der Waals surface area contributed by atoms with Crippen LogP contribution in [0.5, 0.6) is 0 Å². The topological polar surface area (TPSA) is 75.6 Å². The fraction of sp³-hybridized carbons (Fsp3) is 0.833. The van der Waals surface area contributed by atoms with Crippen LogP contribution >= 0.6 is 0 Å². The van der Waals surface area contributed by atoms with E-state index in [9.17, 15) is 9.59 Å². The summed E-state index contributed by atoms with van der Waals surface area (Å²) in [5, 5.41) is 11.9. The van der Waals surface area contributed by atoms with Crippen molar-refractivity contribution in [2.24, 2.45) is 10.8 Å². The molecule has 98 valence electrons.